The van der Waals surface area contributed by atoms with Gasteiger partial charge in [0.15, 0.2) is 0 Å². The molecule has 0 atom stereocenters. The van der Waals surface area contributed by atoms with E-state index < -0.39 is 17.2 Å². The molecule has 0 saturated carbocycles. The van der Waals surface area contributed by atoms with Gasteiger partial charge in [-0.2, -0.15) is 5.26 Å². The van der Waals surface area contributed by atoms with Crippen LogP contribution in [0.1, 0.15) is 35.6 Å². The summed E-state index contributed by atoms with van der Waals surface area (Å²) in [5, 5.41) is 10.1. The van der Waals surface area contributed by atoms with Crippen molar-refractivity contribution in [2.45, 2.75) is 32.6 Å². The van der Waals surface area contributed by atoms with Crippen molar-refractivity contribution in [1.82, 2.24) is 0 Å². The van der Waals surface area contributed by atoms with E-state index in [0.29, 0.717) is 22.9 Å². The third kappa shape index (κ3) is 5.05. The second kappa shape index (κ2) is 10.4. The number of benzene rings is 4. The summed E-state index contributed by atoms with van der Waals surface area (Å²) in [6.45, 7) is 2.02. The van der Waals surface area contributed by atoms with Crippen LogP contribution in [0, 0.1) is 28.8 Å². The maximum Gasteiger partial charge on any atom is 0.144 e. The van der Waals surface area contributed by atoms with Crippen molar-refractivity contribution >= 4 is 10.8 Å². The number of allylic oxidation sites excluding steroid dienone is 2. The number of hydrogen-bond acceptors (Lipinski definition) is 1. The molecule has 170 valence electrons. The van der Waals surface area contributed by atoms with Crippen molar-refractivity contribution in [3.05, 3.63) is 119 Å². The predicted octanol–water partition coefficient (Wildman–Crippen LogP) is 8.09. The van der Waals surface area contributed by atoms with Crippen molar-refractivity contribution in [3.8, 4) is 17.2 Å². The SMILES string of the molecule is C/C=C/CCc1ccc(-c2ccc3c(F)c(CCc4cc(F)c(C#N)c(F)c4)ccc3c2)cc1. The summed E-state index contributed by atoms with van der Waals surface area (Å²) in [7, 11) is 0. The molecular weight excluding hydrogens is 431 g/mol. The number of rotatable bonds is 7. The molecule has 0 aromatic heterocycles. The Hall–Kier alpha value is -3.84. The number of fused-ring (bicyclic) bond motifs is 1. The van der Waals surface area contributed by atoms with Gasteiger partial charge in [-0.3, -0.25) is 0 Å². The van der Waals surface area contributed by atoms with Gasteiger partial charge in [0.05, 0.1) is 0 Å². The summed E-state index contributed by atoms with van der Waals surface area (Å²) in [5.41, 5.74) is 3.64. The molecule has 4 aromatic rings. The van der Waals surface area contributed by atoms with E-state index in [0.717, 1.165) is 41.5 Å². The van der Waals surface area contributed by atoms with Gasteiger partial charge in [0.2, 0.25) is 0 Å². The van der Waals surface area contributed by atoms with Crippen LogP contribution in [0.4, 0.5) is 13.2 Å². The summed E-state index contributed by atoms with van der Waals surface area (Å²) >= 11 is 0. The van der Waals surface area contributed by atoms with Gasteiger partial charge in [-0.15, -0.1) is 0 Å². The average molecular weight is 456 g/mol. The minimum absolute atomic E-state index is 0.264. The van der Waals surface area contributed by atoms with Crippen LogP contribution in [0.15, 0.2) is 78.9 Å². The lowest BCUT2D eigenvalue weighted by atomic mass is 9.96. The average Bonchev–Trinajstić information content (AvgIpc) is 2.84. The third-order valence-corrected chi connectivity index (χ3v) is 6.05. The first-order valence-electron chi connectivity index (χ1n) is 11.3. The van der Waals surface area contributed by atoms with E-state index in [1.54, 1.807) is 12.1 Å². The van der Waals surface area contributed by atoms with Gasteiger partial charge in [-0.25, -0.2) is 13.2 Å². The molecule has 4 aromatic carbocycles. The largest absolute Gasteiger partial charge is 0.206 e. The van der Waals surface area contributed by atoms with E-state index in [1.165, 1.54) is 11.6 Å². The number of hydrogen-bond donors (Lipinski definition) is 0. The molecule has 0 heterocycles. The van der Waals surface area contributed by atoms with Gasteiger partial charge in [-0.05, 0) is 84.0 Å². The zero-order valence-electron chi connectivity index (χ0n) is 18.9. The summed E-state index contributed by atoms with van der Waals surface area (Å²) in [6, 6.07) is 21.5. The molecule has 1 nitrogen and oxygen atoms in total. The lowest BCUT2D eigenvalue weighted by Gasteiger charge is -2.10. The van der Waals surface area contributed by atoms with Crippen LogP contribution in [-0.4, -0.2) is 0 Å². The van der Waals surface area contributed by atoms with Crippen molar-refractivity contribution in [3.63, 3.8) is 0 Å². The van der Waals surface area contributed by atoms with Crippen LogP contribution in [-0.2, 0) is 19.3 Å². The lowest BCUT2D eigenvalue weighted by molar-refractivity contribution is 0.572. The Morgan fingerprint density at radius 2 is 1.47 bits per heavy atom. The summed E-state index contributed by atoms with van der Waals surface area (Å²) in [4.78, 5) is 0. The Bertz CT molecular complexity index is 1370. The third-order valence-electron chi connectivity index (χ3n) is 6.05. The zero-order valence-corrected chi connectivity index (χ0v) is 18.9. The highest BCUT2D eigenvalue weighted by molar-refractivity contribution is 5.88. The number of aryl methyl sites for hydroxylation is 3. The maximum atomic E-state index is 15.2. The van der Waals surface area contributed by atoms with Crippen molar-refractivity contribution < 1.29 is 13.2 Å². The summed E-state index contributed by atoms with van der Waals surface area (Å²) < 4.78 is 42.9. The van der Waals surface area contributed by atoms with Crippen molar-refractivity contribution in [2.24, 2.45) is 0 Å². The fourth-order valence-electron chi connectivity index (χ4n) is 4.15. The second-order valence-corrected chi connectivity index (χ2v) is 8.33. The summed E-state index contributed by atoms with van der Waals surface area (Å²) in [5.74, 6) is -2.11. The van der Waals surface area contributed by atoms with E-state index in [-0.39, 0.29) is 12.2 Å². The molecule has 34 heavy (non-hydrogen) atoms. The zero-order chi connectivity index (χ0) is 24.1. The van der Waals surface area contributed by atoms with Crippen LogP contribution >= 0.6 is 0 Å². The molecule has 0 aliphatic carbocycles. The Labute approximate surface area is 197 Å². The van der Waals surface area contributed by atoms with Crippen LogP contribution < -0.4 is 0 Å². The molecule has 0 aliphatic rings. The highest BCUT2D eigenvalue weighted by Gasteiger charge is 2.13. The number of halogens is 3. The molecule has 0 bridgehead atoms. The molecule has 0 saturated heterocycles. The van der Waals surface area contributed by atoms with Gasteiger partial charge in [-0.1, -0.05) is 60.7 Å². The van der Waals surface area contributed by atoms with Gasteiger partial charge in [0.1, 0.15) is 29.1 Å². The molecule has 0 unspecified atom stereocenters. The molecule has 0 N–H and O–H groups in total. The standard InChI is InChI=1S/C30H24F3N/c1-2-3-4-5-20-6-9-22(10-7-20)24-14-15-26-25(18-24)13-12-23(30(26)33)11-8-21-16-28(31)27(19-34)29(32)17-21/h2-3,6-7,9-10,12-18H,4-5,8,11H2,1H3/b3-2+. The molecule has 4 rings (SSSR count). The maximum absolute atomic E-state index is 15.2. The van der Waals surface area contributed by atoms with Crippen molar-refractivity contribution in [1.29, 1.82) is 5.26 Å². The first kappa shape index (κ1) is 23.3. The van der Waals surface area contributed by atoms with E-state index in [2.05, 4.69) is 36.4 Å². The van der Waals surface area contributed by atoms with Crippen molar-refractivity contribution in [2.75, 3.05) is 0 Å². The molecular formula is C30H24F3N. The Kier molecular flexibility index (Phi) is 7.13. The van der Waals surface area contributed by atoms with E-state index in [1.807, 2.05) is 25.1 Å². The first-order valence-corrected chi connectivity index (χ1v) is 11.3. The topological polar surface area (TPSA) is 23.8 Å². The second-order valence-electron chi connectivity index (χ2n) is 8.33. The first-order chi connectivity index (χ1) is 16.5. The molecule has 0 fully saturated rings. The minimum atomic E-state index is -0.894. The van der Waals surface area contributed by atoms with Crippen LogP contribution in [0.5, 0.6) is 0 Å². The highest BCUT2D eigenvalue weighted by Crippen LogP contribution is 2.28. The Morgan fingerprint density at radius 1 is 0.765 bits per heavy atom. The van der Waals surface area contributed by atoms with Crippen LogP contribution in [0.2, 0.25) is 0 Å². The quantitative estimate of drug-likeness (QED) is 0.258. The fourth-order valence-corrected chi connectivity index (χ4v) is 4.15. The van der Waals surface area contributed by atoms with E-state index in [4.69, 9.17) is 5.26 Å². The fraction of sp³-hybridized carbons (Fsp3) is 0.167. The molecule has 0 radical (unpaired) electrons. The van der Waals surface area contributed by atoms with Gasteiger partial charge < -0.3 is 0 Å². The molecule has 0 aliphatic heterocycles. The number of nitriles is 1. The smallest absolute Gasteiger partial charge is 0.144 e. The van der Waals surface area contributed by atoms with Gasteiger partial charge in [0.25, 0.3) is 0 Å². The molecule has 0 spiro atoms. The summed E-state index contributed by atoms with van der Waals surface area (Å²) in [6.07, 6.45) is 6.78. The van der Waals surface area contributed by atoms with Crippen LogP contribution in [0.25, 0.3) is 21.9 Å². The van der Waals surface area contributed by atoms with Gasteiger partial charge >= 0.3 is 0 Å². The monoisotopic (exact) mass is 455 g/mol. The minimum Gasteiger partial charge on any atom is -0.206 e. The Morgan fingerprint density at radius 3 is 2.15 bits per heavy atom. The Balaban J connectivity index is 1.52. The lowest BCUT2D eigenvalue weighted by Crippen LogP contribution is -1.99. The van der Waals surface area contributed by atoms with E-state index in [9.17, 15) is 8.78 Å². The van der Waals surface area contributed by atoms with Crippen LogP contribution in [0.3, 0.4) is 0 Å². The molecule has 4 heteroatoms. The predicted molar refractivity (Wildman–Crippen MR) is 131 cm³/mol. The van der Waals surface area contributed by atoms with E-state index >= 15 is 4.39 Å². The highest BCUT2D eigenvalue weighted by atomic mass is 19.1. The molecule has 0 amide bonds. The van der Waals surface area contributed by atoms with Gasteiger partial charge in [0, 0.05) is 5.39 Å². The normalized spacial score (nSPS) is 11.3. The number of nitrogens with zero attached hydrogens (tertiary/aromatic N) is 1.